The molecule has 0 bridgehead atoms. The summed E-state index contributed by atoms with van der Waals surface area (Å²) in [6.07, 6.45) is 1.98. The van der Waals surface area contributed by atoms with E-state index in [2.05, 4.69) is 15.1 Å². The maximum Gasteiger partial charge on any atom is 0.225 e. The number of nitrogens with one attached hydrogen (secondary N) is 1. The molecule has 5 nitrogen and oxygen atoms in total. The molecule has 0 saturated carbocycles. The lowest BCUT2D eigenvalue weighted by molar-refractivity contribution is -0.138. The first-order valence-electron chi connectivity index (χ1n) is 8.72. The van der Waals surface area contributed by atoms with Crippen LogP contribution in [0.1, 0.15) is 12.8 Å². The van der Waals surface area contributed by atoms with E-state index in [1.807, 2.05) is 30.3 Å². The van der Waals surface area contributed by atoms with Crippen LogP contribution in [0.2, 0.25) is 0 Å². The zero-order valence-corrected chi connectivity index (χ0v) is 15.0. The highest BCUT2D eigenvalue weighted by Gasteiger charge is 2.28. The van der Waals surface area contributed by atoms with Gasteiger partial charge in [0.2, 0.25) is 5.91 Å². The Bertz CT molecular complexity index is 486. The predicted octanol–water partition coefficient (Wildman–Crippen LogP) is 1.63. The van der Waals surface area contributed by atoms with Gasteiger partial charge in [-0.05, 0) is 38.1 Å². The van der Waals surface area contributed by atoms with Crippen molar-refractivity contribution in [1.82, 2.24) is 15.1 Å². The first-order chi connectivity index (χ1) is 11.3. The molecule has 2 fully saturated rings. The van der Waals surface area contributed by atoms with Crippen molar-refractivity contribution in [3.05, 3.63) is 30.3 Å². The summed E-state index contributed by atoms with van der Waals surface area (Å²) in [5.41, 5.74) is 0. The number of piperazine rings is 1. The topological polar surface area (TPSA) is 44.8 Å². The monoisotopic (exact) mass is 353 g/mol. The lowest BCUT2D eigenvalue weighted by Crippen LogP contribution is -2.52. The normalized spacial score (nSPS) is 19.6. The molecular formula is C18H28ClN3O2. The van der Waals surface area contributed by atoms with Gasteiger partial charge in [0.05, 0.1) is 0 Å². The van der Waals surface area contributed by atoms with E-state index in [1.54, 1.807) is 0 Å². The van der Waals surface area contributed by atoms with Crippen molar-refractivity contribution >= 4 is 18.3 Å². The number of hydrogen-bond acceptors (Lipinski definition) is 4. The van der Waals surface area contributed by atoms with Gasteiger partial charge in [0.15, 0.2) is 0 Å². The third-order valence-corrected chi connectivity index (χ3v) is 4.79. The summed E-state index contributed by atoms with van der Waals surface area (Å²) in [5.74, 6) is 1.53. The molecule has 1 aromatic rings. The second kappa shape index (κ2) is 9.87. The quantitative estimate of drug-likeness (QED) is 0.874. The third-order valence-electron chi connectivity index (χ3n) is 4.79. The van der Waals surface area contributed by atoms with E-state index in [0.29, 0.717) is 12.5 Å². The Morgan fingerprint density at radius 1 is 1.08 bits per heavy atom. The molecule has 1 aromatic carbocycles. The largest absolute Gasteiger partial charge is 0.492 e. The summed E-state index contributed by atoms with van der Waals surface area (Å²) in [5, 5.41) is 3.32. The number of piperidine rings is 1. The van der Waals surface area contributed by atoms with Crippen molar-refractivity contribution in [1.29, 1.82) is 0 Å². The molecule has 0 aromatic heterocycles. The molecule has 1 amide bonds. The Hall–Kier alpha value is -1.30. The molecule has 134 valence electrons. The molecule has 0 aliphatic carbocycles. The summed E-state index contributed by atoms with van der Waals surface area (Å²) < 4.78 is 5.75. The lowest BCUT2D eigenvalue weighted by Gasteiger charge is -2.37. The number of benzene rings is 1. The number of hydrogen-bond donors (Lipinski definition) is 1. The van der Waals surface area contributed by atoms with Crippen LogP contribution >= 0.6 is 12.4 Å². The molecule has 0 atom stereocenters. The molecule has 2 saturated heterocycles. The summed E-state index contributed by atoms with van der Waals surface area (Å²) in [6.45, 7) is 7.20. The highest BCUT2D eigenvalue weighted by molar-refractivity contribution is 5.85. The summed E-state index contributed by atoms with van der Waals surface area (Å²) in [4.78, 5) is 17.0. The number of rotatable bonds is 5. The van der Waals surface area contributed by atoms with E-state index in [4.69, 9.17) is 4.74 Å². The number of halogens is 1. The van der Waals surface area contributed by atoms with Crippen LogP contribution in [-0.4, -0.2) is 68.1 Å². The van der Waals surface area contributed by atoms with Crippen LogP contribution in [0.5, 0.6) is 5.75 Å². The van der Waals surface area contributed by atoms with E-state index >= 15 is 0 Å². The fourth-order valence-corrected chi connectivity index (χ4v) is 3.33. The summed E-state index contributed by atoms with van der Waals surface area (Å²) >= 11 is 0. The van der Waals surface area contributed by atoms with Crippen LogP contribution in [0.4, 0.5) is 0 Å². The van der Waals surface area contributed by atoms with Gasteiger partial charge in [0.25, 0.3) is 0 Å². The second-order valence-corrected chi connectivity index (χ2v) is 6.35. The third kappa shape index (κ3) is 5.36. The fraction of sp³-hybridized carbons (Fsp3) is 0.611. The van der Waals surface area contributed by atoms with Crippen molar-refractivity contribution in [3.63, 3.8) is 0 Å². The van der Waals surface area contributed by atoms with E-state index < -0.39 is 0 Å². The first-order valence-corrected chi connectivity index (χ1v) is 8.72. The van der Waals surface area contributed by atoms with Crippen molar-refractivity contribution < 1.29 is 9.53 Å². The number of carbonyl (C=O) groups excluding carboxylic acids is 1. The van der Waals surface area contributed by atoms with Crippen molar-refractivity contribution in [2.75, 3.05) is 52.4 Å². The van der Waals surface area contributed by atoms with Gasteiger partial charge < -0.3 is 15.0 Å². The minimum Gasteiger partial charge on any atom is -0.492 e. The minimum atomic E-state index is 0. The maximum absolute atomic E-state index is 12.5. The zero-order valence-electron chi connectivity index (χ0n) is 14.2. The van der Waals surface area contributed by atoms with Crippen LogP contribution in [0.3, 0.4) is 0 Å². The Morgan fingerprint density at radius 2 is 1.75 bits per heavy atom. The van der Waals surface area contributed by atoms with Gasteiger partial charge in [-0.25, -0.2) is 0 Å². The number of carbonyl (C=O) groups is 1. The highest BCUT2D eigenvalue weighted by atomic mass is 35.5. The van der Waals surface area contributed by atoms with Gasteiger partial charge in [-0.3, -0.25) is 9.69 Å². The minimum absolute atomic E-state index is 0. The summed E-state index contributed by atoms with van der Waals surface area (Å²) in [7, 11) is 0. The molecule has 0 unspecified atom stereocenters. The molecule has 2 heterocycles. The number of nitrogens with zero attached hydrogens (tertiary/aromatic N) is 2. The molecule has 24 heavy (non-hydrogen) atoms. The average Bonchev–Trinajstić information content (AvgIpc) is 2.63. The van der Waals surface area contributed by atoms with Crippen LogP contribution < -0.4 is 10.1 Å². The van der Waals surface area contributed by atoms with E-state index in [1.165, 1.54) is 0 Å². The number of para-hydroxylation sites is 1. The van der Waals surface area contributed by atoms with E-state index in [-0.39, 0.29) is 18.3 Å². The van der Waals surface area contributed by atoms with E-state index in [9.17, 15) is 4.79 Å². The number of amides is 1. The molecule has 2 aliphatic rings. The summed E-state index contributed by atoms with van der Waals surface area (Å²) in [6, 6.07) is 9.93. The first kappa shape index (κ1) is 19.0. The fourth-order valence-electron chi connectivity index (χ4n) is 3.33. The lowest BCUT2D eigenvalue weighted by atomic mass is 9.96. The van der Waals surface area contributed by atoms with Gasteiger partial charge in [-0.2, -0.15) is 0 Å². The van der Waals surface area contributed by atoms with Gasteiger partial charge in [-0.1, -0.05) is 18.2 Å². The van der Waals surface area contributed by atoms with Crippen LogP contribution in [0, 0.1) is 5.92 Å². The average molecular weight is 354 g/mol. The standard InChI is InChI=1S/C18H27N3O2.ClH/c22-18(16-6-8-19-9-7-16)21-12-10-20(11-13-21)14-15-23-17-4-2-1-3-5-17;/h1-5,16,19H,6-15H2;1H. The van der Waals surface area contributed by atoms with Crippen molar-refractivity contribution in [3.8, 4) is 5.75 Å². The Labute approximate surface area is 150 Å². The molecule has 6 heteroatoms. The Morgan fingerprint density at radius 3 is 2.42 bits per heavy atom. The predicted molar refractivity (Wildman–Crippen MR) is 97.8 cm³/mol. The molecule has 2 aliphatic heterocycles. The second-order valence-electron chi connectivity index (χ2n) is 6.35. The van der Waals surface area contributed by atoms with E-state index in [0.717, 1.165) is 64.4 Å². The maximum atomic E-state index is 12.5. The van der Waals surface area contributed by atoms with Gasteiger partial charge in [-0.15, -0.1) is 12.4 Å². The van der Waals surface area contributed by atoms with Crippen LogP contribution in [-0.2, 0) is 4.79 Å². The molecule has 0 radical (unpaired) electrons. The van der Waals surface area contributed by atoms with Crippen molar-refractivity contribution in [2.45, 2.75) is 12.8 Å². The smallest absolute Gasteiger partial charge is 0.225 e. The van der Waals surface area contributed by atoms with Crippen LogP contribution in [0.25, 0.3) is 0 Å². The van der Waals surface area contributed by atoms with Gasteiger partial charge >= 0.3 is 0 Å². The molecule has 1 N–H and O–H groups in total. The molecular weight excluding hydrogens is 326 g/mol. The van der Waals surface area contributed by atoms with Crippen LogP contribution in [0.15, 0.2) is 30.3 Å². The molecule has 0 spiro atoms. The van der Waals surface area contributed by atoms with Gasteiger partial charge in [0, 0.05) is 38.6 Å². The van der Waals surface area contributed by atoms with Gasteiger partial charge in [0.1, 0.15) is 12.4 Å². The zero-order chi connectivity index (χ0) is 15.9. The number of ether oxygens (including phenoxy) is 1. The molecule has 3 rings (SSSR count). The highest BCUT2D eigenvalue weighted by Crippen LogP contribution is 2.16. The Kier molecular flexibility index (Phi) is 7.82. The SMILES string of the molecule is Cl.O=C(C1CCNCC1)N1CCN(CCOc2ccccc2)CC1. The van der Waals surface area contributed by atoms with Crippen molar-refractivity contribution in [2.24, 2.45) is 5.92 Å². The Balaban J connectivity index is 0.00000208.